The number of amides is 1. The number of nitrogens with one attached hydrogen (secondary N) is 1. The van der Waals surface area contributed by atoms with Gasteiger partial charge in [-0.2, -0.15) is 0 Å². The Morgan fingerprint density at radius 3 is 2.79 bits per heavy atom. The van der Waals surface area contributed by atoms with Gasteiger partial charge in [-0.05, 0) is 43.7 Å². The first kappa shape index (κ1) is 17.8. The first-order chi connectivity index (χ1) is 14.1. The molecule has 1 N–H and O–H groups in total. The van der Waals surface area contributed by atoms with Crippen molar-refractivity contribution in [3.05, 3.63) is 68.9 Å². The Labute approximate surface area is 166 Å². The maximum Gasteiger partial charge on any atom is 0.279 e. The first-order valence-corrected chi connectivity index (χ1v) is 9.97. The maximum atomic E-state index is 13.2. The van der Waals surface area contributed by atoms with Crippen LogP contribution < -0.4 is 11.1 Å². The largest absolute Gasteiger partial charge is 0.327 e. The second-order valence-electron chi connectivity index (χ2n) is 7.77. The molecule has 8 heteroatoms. The number of aromatic amines is 1. The molecule has 1 aliphatic heterocycles. The number of carbonyl (C=O) groups excluding carboxylic acids is 1. The minimum Gasteiger partial charge on any atom is -0.327 e. The topological polar surface area (TPSA) is 101 Å². The SMILES string of the molecule is O=C(c1ncc[nH]c1=O)N1CCCC1c1nc2ccccc2c(=O)n1CC1CC1. The lowest BCUT2D eigenvalue weighted by Crippen LogP contribution is -2.38. The van der Waals surface area contributed by atoms with Crippen LogP contribution in [0.4, 0.5) is 0 Å². The zero-order valence-electron chi connectivity index (χ0n) is 15.9. The van der Waals surface area contributed by atoms with Crippen LogP contribution in [-0.2, 0) is 6.54 Å². The molecule has 5 rings (SSSR count). The van der Waals surface area contributed by atoms with Gasteiger partial charge in [-0.3, -0.25) is 19.0 Å². The van der Waals surface area contributed by atoms with Crippen LogP contribution in [0.1, 0.15) is 48.0 Å². The number of hydrogen-bond donors (Lipinski definition) is 1. The molecular formula is C21H21N5O3. The lowest BCUT2D eigenvalue weighted by atomic mass is 10.1. The van der Waals surface area contributed by atoms with Gasteiger partial charge in [-0.1, -0.05) is 12.1 Å². The summed E-state index contributed by atoms with van der Waals surface area (Å²) in [5.41, 5.74) is -0.0664. The minimum absolute atomic E-state index is 0.0625. The van der Waals surface area contributed by atoms with Gasteiger partial charge in [0, 0.05) is 25.5 Å². The highest BCUT2D eigenvalue weighted by atomic mass is 16.2. The summed E-state index contributed by atoms with van der Waals surface area (Å²) in [5, 5.41) is 0.592. The molecule has 1 aliphatic carbocycles. The first-order valence-electron chi connectivity index (χ1n) is 9.97. The van der Waals surface area contributed by atoms with E-state index in [0.29, 0.717) is 42.2 Å². The van der Waals surface area contributed by atoms with Gasteiger partial charge in [0.05, 0.1) is 16.9 Å². The number of nitrogens with zero attached hydrogens (tertiary/aromatic N) is 4. The molecule has 3 aromatic rings. The highest BCUT2D eigenvalue weighted by Gasteiger charge is 2.36. The van der Waals surface area contributed by atoms with Crippen molar-refractivity contribution in [2.75, 3.05) is 6.54 Å². The molecule has 2 aliphatic rings. The number of likely N-dealkylation sites (tertiary alicyclic amines) is 1. The van der Waals surface area contributed by atoms with E-state index in [-0.39, 0.29) is 17.3 Å². The van der Waals surface area contributed by atoms with Crippen LogP contribution in [0.25, 0.3) is 10.9 Å². The van der Waals surface area contributed by atoms with E-state index in [0.717, 1.165) is 19.3 Å². The second kappa shape index (κ2) is 6.95. The van der Waals surface area contributed by atoms with E-state index in [2.05, 4.69) is 9.97 Å². The molecule has 3 heterocycles. The van der Waals surface area contributed by atoms with Crippen molar-refractivity contribution >= 4 is 16.8 Å². The second-order valence-corrected chi connectivity index (χ2v) is 7.77. The summed E-state index contributed by atoms with van der Waals surface area (Å²) >= 11 is 0. The average Bonchev–Trinajstić information content (AvgIpc) is 3.42. The van der Waals surface area contributed by atoms with Crippen LogP contribution in [0, 0.1) is 5.92 Å². The number of hydrogen-bond acceptors (Lipinski definition) is 5. The quantitative estimate of drug-likeness (QED) is 0.732. The summed E-state index contributed by atoms with van der Waals surface area (Å²) < 4.78 is 1.75. The van der Waals surface area contributed by atoms with Gasteiger partial charge in [0.2, 0.25) is 0 Å². The van der Waals surface area contributed by atoms with E-state index in [1.807, 2.05) is 18.2 Å². The van der Waals surface area contributed by atoms with Crippen molar-refractivity contribution in [2.45, 2.75) is 38.3 Å². The predicted molar refractivity (Wildman–Crippen MR) is 107 cm³/mol. The number of rotatable bonds is 4. The molecule has 2 fully saturated rings. The van der Waals surface area contributed by atoms with Crippen LogP contribution in [-0.4, -0.2) is 36.9 Å². The van der Waals surface area contributed by atoms with Crippen molar-refractivity contribution in [2.24, 2.45) is 5.92 Å². The molecule has 1 aromatic carbocycles. The van der Waals surface area contributed by atoms with Crippen molar-refractivity contribution in [3.8, 4) is 0 Å². The van der Waals surface area contributed by atoms with Crippen molar-refractivity contribution in [3.63, 3.8) is 0 Å². The Bertz CT molecular complexity index is 1210. The molecule has 1 saturated heterocycles. The summed E-state index contributed by atoms with van der Waals surface area (Å²) in [4.78, 5) is 51.3. The molecule has 1 saturated carbocycles. The highest BCUT2D eigenvalue weighted by molar-refractivity contribution is 5.92. The number of para-hydroxylation sites is 1. The third kappa shape index (κ3) is 3.14. The van der Waals surface area contributed by atoms with E-state index in [1.165, 1.54) is 12.4 Å². The maximum absolute atomic E-state index is 13.2. The fourth-order valence-electron chi connectivity index (χ4n) is 4.09. The average molecular weight is 391 g/mol. The summed E-state index contributed by atoms with van der Waals surface area (Å²) in [7, 11) is 0. The van der Waals surface area contributed by atoms with Crippen LogP contribution in [0.3, 0.4) is 0 Å². The van der Waals surface area contributed by atoms with Crippen LogP contribution in [0.2, 0.25) is 0 Å². The normalized spacial score (nSPS) is 19.0. The zero-order valence-corrected chi connectivity index (χ0v) is 15.9. The molecular weight excluding hydrogens is 370 g/mol. The van der Waals surface area contributed by atoms with Gasteiger partial charge < -0.3 is 9.88 Å². The summed E-state index contributed by atoms with van der Waals surface area (Å²) in [5.74, 6) is 0.673. The summed E-state index contributed by atoms with van der Waals surface area (Å²) in [6.07, 6.45) is 6.50. The van der Waals surface area contributed by atoms with Crippen LogP contribution in [0.5, 0.6) is 0 Å². The summed E-state index contributed by atoms with van der Waals surface area (Å²) in [6, 6.07) is 6.97. The Morgan fingerprint density at radius 2 is 2.00 bits per heavy atom. The third-order valence-electron chi connectivity index (χ3n) is 5.75. The molecule has 0 spiro atoms. The van der Waals surface area contributed by atoms with Crippen molar-refractivity contribution in [1.29, 1.82) is 0 Å². The molecule has 148 valence electrons. The predicted octanol–water partition coefficient (Wildman–Crippen LogP) is 1.87. The Balaban J connectivity index is 1.62. The van der Waals surface area contributed by atoms with Gasteiger partial charge in [-0.25, -0.2) is 9.97 Å². The number of aromatic nitrogens is 4. The zero-order chi connectivity index (χ0) is 20.0. The number of fused-ring (bicyclic) bond motifs is 1. The van der Waals surface area contributed by atoms with E-state index in [4.69, 9.17) is 4.98 Å². The Kier molecular flexibility index (Phi) is 4.26. The Hall–Kier alpha value is -3.29. The fraction of sp³-hybridized carbons (Fsp3) is 0.381. The van der Waals surface area contributed by atoms with E-state index < -0.39 is 11.5 Å². The van der Waals surface area contributed by atoms with E-state index in [1.54, 1.807) is 15.5 Å². The molecule has 1 atom stereocenters. The number of carbonyl (C=O) groups is 1. The van der Waals surface area contributed by atoms with Gasteiger partial charge >= 0.3 is 0 Å². The number of benzene rings is 1. The molecule has 2 aromatic heterocycles. The summed E-state index contributed by atoms with van der Waals surface area (Å²) in [6.45, 7) is 1.13. The monoisotopic (exact) mass is 391 g/mol. The lowest BCUT2D eigenvalue weighted by molar-refractivity contribution is 0.0718. The number of H-pyrrole nitrogens is 1. The molecule has 0 radical (unpaired) electrons. The van der Waals surface area contributed by atoms with Gasteiger partial charge in [0.15, 0.2) is 5.69 Å². The lowest BCUT2D eigenvalue weighted by Gasteiger charge is -2.26. The smallest absolute Gasteiger partial charge is 0.279 e. The Morgan fingerprint density at radius 1 is 1.17 bits per heavy atom. The minimum atomic E-state index is -0.509. The standard InChI is InChI=1S/C21H21N5O3/c27-19-17(22-9-10-23-19)21(29)25-11-3-6-16(25)18-24-15-5-2-1-4-14(15)20(28)26(18)12-13-7-8-13/h1-2,4-5,9-10,13,16H,3,6-8,11-12H2,(H,23,27). The molecule has 0 bridgehead atoms. The molecule has 1 unspecified atom stereocenters. The van der Waals surface area contributed by atoms with Gasteiger partial charge in [0.1, 0.15) is 5.82 Å². The highest BCUT2D eigenvalue weighted by Crippen LogP contribution is 2.35. The van der Waals surface area contributed by atoms with Crippen molar-refractivity contribution < 1.29 is 4.79 Å². The van der Waals surface area contributed by atoms with E-state index in [9.17, 15) is 14.4 Å². The third-order valence-corrected chi connectivity index (χ3v) is 5.75. The molecule has 1 amide bonds. The molecule has 8 nitrogen and oxygen atoms in total. The fourth-order valence-corrected chi connectivity index (χ4v) is 4.09. The molecule has 29 heavy (non-hydrogen) atoms. The van der Waals surface area contributed by atoms with Gasteiger partial charge in [0.25, 0.3) is 17.0 Å². The van der Waals surface area contributed by atoms with Crippen LogP contribution >= 0.6 is 0 Å². The van der Waals surface area contributed by atoms with E-state index >= 15 is 0 Å². The van der Waals surface area contributed by atoms with Crippen molar-refractivity contribution in [1.82, 2.24) is 24.4 Å². The van der Waals surface area contributed by atoms with Gasteiger partial charge in [-0.15, -0.1) is 0 Å². The van der Waals surface area contributed by atoms with Crippen LogP contribution in [0.15, 0.2) is 46.2 Å².